The van der Waals surface area contributed by atoms with Crippen molar-refractivity contribution in [2.24, 2.45) is 0 Å². The fraction of sp³-hybridized carbons (Fsp3) is 0.261. The minimum atomic E-state index is -0.460. The van der Waals surface area contributed by atoms with Gasteiger partial charge in [-0.15, -0.1) is 0 Å². The Balaban J connectivity index is 1.67. The van der Waals surface area contributed by atoms with Crippen molar-refractivity contribution in [2.75, 3.05) is 18.9 Å². The second kappa shape index (κ2) is 8.42. The van der Waals surface area contributed by atoms with Crippen LogP contribution < -0.4 is 10.6 Å². The van der Waals surface area contributed by atoms with Gasteiger partial charge in [0.2, 0.25) is 11.8 Å². The zero-order valence-electron chi connectivity index (χ0n) is 16.9. The first-order chi connectivity index (χ1) is 14.5. The van der Waals surface area contributed by atoms with Crippen molar-refractivity contribution in [1.82, 2.24) is 15.2 Å². The molecule has 0 aliphatic carbocycles. The van der Waals surface area contributed by atoms with Crippen LogP contribution in [0.4, 0.5) is 5.69 Å². The van der Waals surface area contributed by atoms with E-state index in [2.05, 4.69) is 15.6 Å². The first-order valence-corrected chi connectivity index (χ1v) is 10.2. The van der Waals surface area contributed by atoms with E-state index >= 15 is 0 Å². The number of hydrogen-bond donors (Lipinski definition) is 2. The molecule has 7 heteroatoms. The van der Waals surface area contributed by atoms with E-state index < -0.39 is 5.92 Å². The normalized spacial score (nSPS) is 17.2. The molecule has 0 radical (unpaired) electrons. The Morgan fingerprint density at radius 3 is 2.80 bits per heavy atom. The van der Waals surface area contributed by atoms with E-state index in [0.717, 1.165) is 21.9 Å². The number of rotatable bonds is 4. The molecule has 30 heavy (non-hydrogen) atoms. The van der Waals surface area contributed by atoms with Crippen molar-refractivity contribution >= 4 is 39.9 Å². The molecule has 0 spiro atoms. The second-order valence-corrected chi connectivity index (χ2v) is 7.95. The third-order valence-electron chi connectivity index (χ3n) is 5.69. The Morgan fingerprint density at radius 2 is 2.00 bits per heavy atom. The number of carbonyl (C=O) groups excluding carboxylic acids is 2. The first-order valence-electron chi connectivity index (χ1n) is 9.85. The molecule has 0 fully saturated rings. The van der Waals surface area contributed by atoms with E-state index in [1.165, 1.54) is 0 Å². The number of amides is 2. The summed E-state index contributed by atoms with van der Waals surface area (Å²) in [5.74, 6) is -0.686. The number of nitrogens with zero attached hydrogens (tertiary/aromatic N) is 2. The van der Waals surface area contributed by atoms with Crippen molar-refractivity contribution in [1.29, 1.82) is 0 Å². The van der Waals surface area contributed by atoms with Crippen LogP contribution in [-0.2, 0) is 16.1 Å². The van der Waals surface area contributed by atoms with E-state index in [-0.39, 0.29) is 17.9 Å². The molecule has 1 aliphatic heterocycles. The largest absolute Gasteiger partial charge is 0.358 e. The van der Waals surface area contributed by atoms with Gasteiger partial charge in [-0.1, -0.05) is 41.9 Å². The highest BCUT2D eigenvalue weighted by Gasteiger charge is 2.34. The van der Waals surface area contributed by atoms with Gasteiger partial charge in [0.15, 0.2) is 0 Å². The van der Waals surface area contributed by atoms with Gasteiger partial charge in [0.1, 0.15) is 0 Å². The summed E-state index contributed by atoms with van der Waals surface area (Å²) in [7, 11) is 1.62. The first kappa shape index (κ1) is 20.3. The molecular weight excluding hydrogens is 400 g/mol. The summed E-state index contributed by atoms with van der Waals surface area (Å²) in [5.41, 5.74) is 2.56. The highest BCUT2D eigenvalue weighted by atomic mass is 35.5. The number of carbonyl (C=O) groups is 2. The van der Waals surface area contributed by atoms with Gasteiger partial charge in [0.25, 0.3) is 0 Å². The Morgan fingerprint density at radius 1 is 1.20 bits per heavy atom. The van der Waals surface area contributed by atoms with Crippen molar-refractivity contribution in [3.63, 3.8) is 0 Å². The minimum Gasteiger partial charge on any atom is -0.358 e. The maximum absolute atomic E-state index is 13.4. The standard InChI is InChI=1S/C23H23ClN4O2/c1-14(22(29)25-2)28-12-16-7-8-17(24)9-19(16)20(13-28)23(30)27-21-11-26-10-15-5-3-4-6-18(15)21/h3-11,14,20H,12-13H2,1-2H3,(H,25,29)(H,27,30)/t14-,20+/m0/s1. The zero-order chi connectivity index (χ0) is 21.3. The van der Waals surface area contributed by atoms with Gasteiger partial charge in [0.05, 0.1) is 23.8 Å². The number of benzene rings is 2. The van der Waals surface area contributed by atoms with E-state index in [9.17, 15) is 9.59 Å². The average Bonchev–Trinajstić information content (AvgIpc) is 2.77. The van der Waals surface area contributed by atoms with E-state index in [1.807, 2.05) is 54.3 Å². The van der Waals surface area contributed by atoms with Crippen molar-refractivity contribution in [3.8, 4) is 0 Å². The van der Waals surface area contributed by atoms with Gasteiger partial charge in [-0.05, 0) is 30.2 Å². The minimum absolute atomic E-state index is 0.0789. The Hall–Kier alpha value is -2.96. The fourth-order valence-electron chi connectivity index (χ4n) is 3.98. The summed E-state index contributed by atoms with van der Waals surface area (Å²) in [6, 6.07) is 13.0. The van der Waals surface area contributed by atoms with Crippen molar-refractivity contribution in [3.05, 3.63) is 71.0 Å². The Kier molecular flexibility index (Phi) is 5.70. The predicted octanol–water partition coefficient (Wildman–Crippen LogP) is 3.56. The number of halogens is 1. The summed E-state index contributed by atoms with van der Waals surface area (Å²) in [6.45, 7) is 2.86. The summed E-state index contributed by atoms with van der Waals surface area (Å²) in [5, 5.41) is 8.21. The molecule has 0 bridgehead atoms. The Bertz CT molecular complexity index is 1110. The van der Waals surface area contributed by atoms with Crippen LogP contribution in [0, 0.1) is 0 Å². The topological polar surface area (TPSA) is 74.3 Å². The van der Waals surface area contributed by atoms with Gasteiger partial charge in [-0.25, -0.2) is 0 Å². The number of nitrogens with one attached hydrogen (secondary N) is 2. The van der Waals surface area contributed by atoms with Gasteiger partial charge in [-0.2, -0.15) is 0 Å². The molecule has 2 aromatic carbocycles. The van der Waals surface area contributed by atoms with Crippen LogP contribution in [0.15, 0.2) is 54.9 Å². The number of fused-ring (bicyclic) bond motifs is 2. The summed E-state index contributed by atoms with van der Waals surface area (Å²) in [6.07, 6.45) is 3.43. The molecule has 2 heterocycles. The van der Waals surface area contributed by atoms with Crippen LogP contribution in [-0.4, -0.2) is 41.3 Å². The maximum atomic E-state index is 13.4. The van der Waals surface area contributed by atoms with Crippen molar-refractivity contribution < 1.29 is 9.59 Å². The lowest BCUT2D eigenvalue weighted by Gasteiger charge is -2.37. The third-order valence-corrected chi connectivity index (χ3v) is 5.93. The highest BCUT2D eigenvalue weighted by molar-refractivity contribution is 6.30. The molecule has 6 nitrogen and oxygen atoms in total. The molecule has 1 aliphatic rings. The van der Waals surface area contributed by atoms with Crippen LogP contribution in [0.25, 0.3) is 10.8 Å². The van der Waals surface area contributed by atoms with E-state index in [4.69, 9.17) is 11.6 Å². The van der Waals surface area contributed by atoms with E-state index in [1.54, 1.807) is 19.4 Å². The number of likely N-dealkylation sites (N-methyl/N-ethyl adjacent to an activating group) is 1. The van der Waals surface area contributed by atoms with Crippen LogP contribution >= 0.6 is 11.6 Å². The number of pyridine rings is 1. The molecule has 154 valence electrons. The molecular formula is C23H23ClN4O2. The lowest BCUT2D eigenvalue weighted by Crippen LogP contribution is -2.48. The fourth-order valence-corrected chi connectivity index (χ4v) is 4.16. The number of hydrogen-bond acceptors (Lipinski definition) is 4. The van der Waals surface area contributed by atoms with Gasteiger partial charge < -0.3 is 10.6 Å². The molecule has 3 aromatic rings. The second-order valence-electron chi connectivity index (χ2n) is 7.51. The summed E-state index contributed by atoms with van der Waals surface area (Å²) < 4.78 is 0. The molecule has 0 saturated heterocycles. The third kappa shape index (κ3) is 3.88. The maximum Gasteiger partial charge on any atom is 0.236 e. The van der Waals surface area contributed by atoms with Crippen LogP contribution in [0.1, 0.15) is 24.0 Å². The molecule has 2 atom stereocenters. The SMILES string of the molecule is CNC(=O)[C@H](C)N1Cc2ccc(Cl)cc2[C@H](C(=O)Nc2cncc3ccccc23)C1. The van der Waals surface area contributed by atoms with Gasteiger partial charge >= 0.3 is 0 Å². The summed E-state index contributed by atoms with van der Waals surface area (Å²) in [4.78, 5) is 31.9. The molecule has 2 N–H and O–H groups in total. The number of aromatic nitrogens is 1. The van der Waals surface area contributed by atoms with Crippen LogP contribution in [0.3, 0.4) is 0 Å². The quantitative estimate of drug-likeness (QED) is 0.674. The van der Waals surface area contributed by atoms with Gasteiger partial charge in [0, 0.05) is 42.1 Å². The molecule has 1 aromatic heterocycles. The van der Waals surface area contributed by atoms with Crippen molar-refractivity contribution in [2.45, 2.75) is 25.4 Å². The molecule has 2 amide bonds. The predicted molar refractivity (Wildman–Crippen MR) is 119 cm³/mol. The Labute approximate surface area is 180 Å². The highest BCUT2D eigenvalue weighted by Crippen LogP contribution is 2.33. The average molecular weight is 423 g/mol. The summed E-state index contributed by atoms with van der Waals surface area (Å²) >= 11 is 6.24. The molecule has 0 saturated carbocycles. The lowest BCUT2D eigenvalue weighted by molar-refractivity contribution is -0.127. The zero-order valence-corrected chi connectivity index (χ0v) is 17.6. The molecule has 0 unspecified atom stereocenters. The van der Waals surface area contributed by atoms with Gasteiger partial charge in [-0.3, -0.25) is 19.5 Å². The molecule has 4 rings (SSSR count). The lowest BCUT2D eigenvalue weighted by atomic mass is 9.88. The van der Waals surface area contributed by atoms with E-state index in [0.29, 0.717) is 23.8 Å². The monoisotopic (exact) mass is 422 g/mol. The van der Waals surface area contributed by atoms with Crippen LogP contribution in [0.2, 0.25) is 5.02 Å². The smallest absolute Gasteiger partial charge is 0.236 e. The number of anilines is 1. The van der Waals surface area contributed by atoms with Crippen LogP contribution in [0.5, 0.6) is 0 Å².